The third kappa shape index (κ3) is 8.09. The van der Waals surface area contributed by atoms with Crippen LogP contribution < -0.4 is 5.32 Å². The van der Waals surface area contributed by atoms with Gasteiger partial charge in [0.25, 0.3) is 0 Å². The highest BCUT2D eigenvalue weighted by molar-refractivity contribution is 5.67. The molecule has 5 heteroatoms. The molecule has 3 aromatic carbocycles. The molecular formula is C30H31N3O2. The third-order valence-electron chi connectivity index (χ3n) is 5.70. The molecule has 0 aliphatic heterocycles. The van der Waals surface area contributed by atoms with Crippen LogP contribution in [-0.4, -0.2) is 29.1 Å². The lowest BCUT2D eigenvalue weighted by atomic mass is 10.1. The van der Waals surface area contributed by atoms with E-state index in [1.165, 1.54) is 11.1 Å². The Morgan fingerprint density at radius 2 is 1.37 bits per heavy atom. The van der Waals surface area contributed by atoms with Crippen molar-refractivity contribution in [1.82, 2.24) is 15.2 Å². The highest BCUT2D eigenvalue weighted by Gasteiger charge is 2.09. The van der Waals surface area contributed by atoms with Gasteiger partial charge in [-0.3, -0.25) is 9.88 Å². The molecule has 1 N–H and O–H groups in total. The number of carbonyl (C=O) groups excluding carboxylic acids is 1. The maximum Gasteiger partial charge on any atom is 0.407 e. The monoisotopic (exact) mass is 465 g/mol. The number of ether oxygens (including phenoxy) is 1. The average Bonchev–Trinajstić information content (AvgIpc) is 2.92. The second-order valence-electron chi connectivity index (χ2n) is 8.45. The van der Waals surface area contributed by atoms with Crippen molar-refractivity contribution in [2.24, 2.45) is 0 Å². The lowest BCUT2D eigenvalue weighted by molar-refractivity contribution is 0.139. The van der Waals surface area contributed by atoms with Crippen LogP contribution in [0, 0.1) is 0 Å². The number of alkyl carbamates (subject to hydrolysis) is 1. The molecule has 35 heavy (non-hydrogen) atoms. The molecule has 1 heterocycles. The minimum Gasteiger partial charge on any atom is -0.445 e. The molecule has 4 aromatic rings. The Kier molecular flexibility index (Phi) is 9.02. The maximum absolute atomic E-state index is 12.0. The van der Waals surface area contributed by atoms with E-state index < -0.39 is 0 Å². The van der Waals surface area contributed by atoms with Crippen molar-refractivity contribution in [2.45, 2.75) is 26.1 Å². The van der Waals surface area contributed by atoms with E-state index in [1.54, 1.807) is 0 Å². The summed E-state index contributed by atoms with van der Waals surface area (Å²) in [5.41, 5.74) is 5.59. The van der Waals surface area contributed by atoms with Gasteiger partial charge in [-0.25, -0.2) is 4.79 Å². The van der Waals surface area contributed by atoms with Gasteiger partial charge in [0.05, 0.1) is 5.69 Å². The summed E-state index contributed by atoms with van der Waals surface area (Å²) in [5, 5.41) is 2.87. The first-order chi connectivity index (χ1) is 17.3. The van der Waals surface area contributed by atoms with Crippen LogP contribution in [0.25, 0.3) is 11.3 Å². The fraction of sp³-hybridized carbons (Fsp3) is 0.200. The van der Waals surface area contributed by atoms with Crippen molar-refractivity contribution >= 4 is 6.09 Å². The van der Waals surface area contributed by atoms with Crippen LogP contribution in [0.4, 0.5) is 4.79 Å². The number of amides is 1. The summed E-state index contributed by atoms with van der Waals surface area (Å²) in [4.78, 5) is 18.9. The van der Waals surface area contributed by atoms with Crippen molar-refractivity contribution in [3.05, 3.63) is 126 Å². The van der Waals surface area contributed by atoms with Gasteiger partial charge < -0.3 is 10.1 Å². The van der Waals surface area contributed by atoms with Gasteiger partial charge in [0.2, 0.25) is 0 Å². The van der Waals surface area contributed by atoms with Crippen LogP contribution in [0.2, 0.25) is 0 Å². The fourth-order valence-corrected chi connectivity index (χ4v) is 3.90. The molecule has 0 unspecified atom stereocenters. The first-order valence-corrected chi connectivity index (χ1v) is 12.0. The second kappa shape index (κ2) is 13.1. The number of benzene rings is 3. The summed E-state index contributed by atoms with van der Waals surface area (Å²) < 4.78 is 5.31. The molecular weight excluding hydrogens is 434 g/mol. The summed E-state index contributed by atoms with van der Waals surface area (Å²) in [5.74, 6) is 0. The number of rotatable bonds is 11. The number of pyridine rings is 1. The van der Waals surface area contributed by atoms with Crippen LogP contribution in [0.1, 0.15) is 23.1 Å². The maximum atomic E-state index is 12.0. The quantitative estimate of drug-likeness (QED) is 0.273. The van der Waals surface area contributed by atoms with Gasteiger partial charge in [-0.2, -0.15) is 0 Å². The Balaban J connectivity index is 1.29. The van der Waals surface area contributed by atoms with E-state index in [1.807, 2.05) is 60.8 Å². The van der Waals surface area contributed by atoms with Crippen LogP contribution >= 0.6 is 0 Å². The number of aromatic nitrogens is 1. The van der Waals surface area contributed by atoms with E-state index in [0.29, 0.717) is 6.54 Å². The van der Waals surface area contributed by atoms with E-state index in [0.717, 1.165) is 42.9 Å². The van der Waals surface area contributed by atoms with Crippen LogP contribution in [-0.2, 0) is 24.4 Å². The summed E-state index contributed by atoms with van der Waals surface area (Å²) in [6.45, 7) is 3.38. The van der Waals surface area contributed by atoms with Crippen LogP contribution in [0.15, 0.2) is 109 Å². The number of carbonyl (C=O) groups is 1. The second-order valence-corrected chi connectivity index (χ2v) is 8.45. The molecule has 4 rings (SSSR count). The van der Waals surface area contributed by atoms with E-state index >= 15 is 0 Å². The molecule has 0 saturated heterocycles. The summed E-state index contributed by atoms with van der Waals surface area (Å²) in [7, 11) is 0. The van der Waals surface area contributed by atoms with Gasteiger partial charge in [0.15, 0.2) is 0 Å². The zero-order chi connectivity index (χ0) is 24.1. The van der Waals surface area contributed by atoms with Gasteiger partial charge in [-0.05, 0) is 35.2 Å². The Hall–Kier alpha value is -3.96. The summed E-state index contributed by atoms with van der Waals surface area (Å²) in [6, 6.07) is 34.7. The van der Waals surface area contributed by atoms with Gasteiger partial charge in [-0.15, -0.1) is 0 Å². The van der Waals surface area contributed by atoms with Crippen molar-refractivity contribution in [1.29, 1.82) is 0 Å². The summed E-state index contributed by atoms with van der Waals surface area (Å²) >= 11 is 0. The lowest BCUT2D eigenvalue weighted by Gasteiger charge is -2.23. The Morgan fingerprint density at radius 1 is 0.743 bits per heavy atom. The smallest absolute Gasteiger partial charge is 0.407 e. The van der Waals surface area contributed by atoms with E-state index in [4.69, 9.17) is 4.74 Å². The first-order valence-electron chi connectivity index (χ1n) is 12.0. The van der Waals surface area contributed by atoms with Crippen molar-refractivity contribution in [3.63, 3.8) is 0 Å². The predicted octanol–water partition coefficient (Wildman–Crippen LogP) is 6.07. The molecule has 0 radical (unpaired) electrons. The standard InChI is InChI=1S/C30H31N3O2/c34-30(35-24-27-12-5-2-6-13-27)32-20-9-21-33(22-25-10-3-1-4-11-25)23-26-15-17-28(18-16-26)29-14-7-8-19-31-29/h1-8,10-19H,9,20-24H2,(H,32,34). The van der Waals surface area contributed by atoms with E-state index in [9.17, 15) is 4.79 Å². The largest absolute Gasteiger partial charge is 0.445 e. The number of hydrogen-bond acceptors (Lipinski definition) is 4. The molecule has 0 aliphatic carbocycles. The first kappa shape index (κ1) is 24.2. The van der Waals surface area contributed by atoms with E-state index in [-0.39, 0.29) is 12.7 Å². The average molecular weight is 466 g/mol. The molecule has 0 atom stereocenters. The fourth-order valence-electron chi connectivity index (χ4n) is 3.90. The molecule has 0 saturated carbocycles. The molecule has 0 bridgehead atoms. The minimum absolute atomic E-state index is 0.279. The molecule has 0 fully saturated rings. The van der Waals surface area contributed by atoms with Crippen molar-refractivity contribution in [2.75, 3.05) is 13.1 Å². The van der Waals surface area contributed by atoms with Gasteiger partial charge in [0.1, 0.15) is 6.61 Å². The third-order valence-corrected chi connectivity index (χ3v) is 5.70. The molecule has 1 amide bonds. The van der Waals surface area contributed by atoms with Gasteiger partial charge in [0, 0.05) is 37.9 Å². The zero-order valence-electron chi connectivity index (χ0n) is 19.8. The number of nitrogens with one attached hydrogen (secondary N) is 1. The normalized spacial score (nSPS) is 10.8. The number of hydrogen-bond donors (Lipinski definition) is 1. The zero-order valence-corrected chi connectivity index (χ0v) is 19.8. The van der Waals surface area contributed by atoms with Crippen LogP contribution in [0.3, 0.4) is 0 Å². The number of nitrogens with zero attached hydrogens (tertiary/aromatic N) is 2. The van der Waals surface area contributed by atoms with Crippen LogP contribution in [0.5, 0.6) is 0 Å². The predicted molar refractivity (Wildman–Crippen MR) is 139 cm³/mol. The summed E-state index contributed by atoms with van der Waals surface area (Å²) in [6.07, 6.45) is 2.27. The minimum atomic E-state index is -0.381. The molecule has 0 spiro atoms. The van der Waals surface area contributed by atoms with Gasteiger partial charge in [-0.1, -0.05) is 91.0 Å². The molecule has 1 aromatic heterocycles. The van der Waals surface area contributed by atoms with Crippen molar-refractivity contribution in [3.8, 4) is 11.3 Å². The topological polar surface area (TPSA) is 54.5 Å². The Morgan fingerprint density at radius 3 is 2.03 bits per heavy atom. The molecule has 0 aliphatic rings. The Labute approximate surface area is 207 Å². The molecule has 178 valence electrons. The molecule has 5 nitrogen and oxygen atoms in total. The van der Waals surface area contributed by atoms with Gasteiger partial charge >= 0.3 is 6.09 Å². The lowest BCUT2D eigenvalue weighted by Crippen LogP contribution is -2.30. The highest BCUT2D eigenvalue weighted by atomic mass is 16.5. The SMILES string of the molecule is O=C(NCCCN(Cc1ccccc1)Cc1ccc(-c2ccccn2)cc1)OCc1ccccc1. The highest BCUT2D eigenvalue weighted by Crippen LogP contribution is 2.18. The Bertz CT molecular complexity index is 1150. The van der Waals surface area contributed by atoms with Crippen molar-refractivity contribution < 1.29 is 9.53 Å². The van der Waals surface area contributed by atoms with E-state index in [2.05, 4.69) is 63.7 Å².